The van der Waals surface area contributed by atoms with Gasteiger partial charge < -0.3 is 14.8 Å². The lowest BCUT2D eigenvalue weighted by molar-refractivity contribution is -0.124. The van der Waals surface area contributed by atoms with Crippen molar-refractivity contribution in [3.05, 3.63) is 35.9 Å². The molecule has 6 nitrogen and oxygen atoms in total. The van der Waals surface area contributed by atoms with Crippen LogP contribution in [0, 0.1) is 5.92 Å². The fourth-order valence-corrected chi connectivity index (χ4v) is 2.97. The summed E-state index contributed by atoms with van der Waals surface area (Å²) in [6.45, 7) is 2.57. The predicted octanol–water partition coefficient (Wildman–Crippen LogP) is 1.20. The first-order chi connectivity index (χ1) is 11.2. The molecule has 1 aromatic rings. The van der Waals surface area contributed by atoms with Crippen LogP contribution in [0.2, 0.25) is 0 Å². The molecule has 0 radical (unpaired) electrons. The van der Waals surface area contributed by atoms with Gasteiger partial charge in [0.15, 0.2) is 0 Å². The summed E-state index contributed by atoms with van der Waals surface area (Å²) in [5.41, 5.74) is 1.17. The molecule has 2 aliphatic heterocycles. The molecule has 2 fully saturated rings. The van der Waals surface area contributed by atoms with Crippen LogP contribution in [0.5, 0.6) is 0 Å². The smallest absolute Gasteiger partial charge is 0.410 e. The normalized spacial score (nSPS) is 23.8. The average Bonchev–Trinajstić information content (AvgIpc) is 3.20. The topological polar surface area (TPSA) is 67.9 Å². The van der Waals surface area contributed by atoms with Crippen molar-refractivity contribution in [3.8, 4) is 0 Å². The number of cyclic esters (lactones) is 1. The SMILES string of the molecule is O=C(NCCc1ccccc1)[C@@H]1COC(=O)N1CC1CCOC1. The van der Waals surface area contributed by atoms with Crippen molar-refractivity contribution in [3.63, 3.8) is 0 Å². The number of nitrogens with one attached hydrogen (secondary N) is 1. The number of amides is 2. The number of carbonyl (C=O) groups is 2. The van der Waals surface area contributed by atoms with Crippen LogP contribution >= 0.6 is 0 Å². The molecule has 2 amide bonds. The Bertz CT molecular complexity index is 543. The average molecular weight is 318 g/mol. The zero-order chi connectivity index (χ0) is 16.1. The van der Waals surface area contributed by atoms with Crippen molar-refractivity contribution in [1.29, 1.82) is 0 Å². The number of hydrogen-bond acceptors (Lipinski definition) is 4. The molecule has 2 heterocycles. The highest BCUT2D eigenvalue weighted by molar-refractivity contribution is 5.87. The van der Waals surface area contributed by atoms with E-state index < -0.39 is 12.1 Å². The molecule has 124 valence electrons. The van der Waals surface area contributed by atoms with Gasteiger partial charge in [0.1, 0.15) is 12.6 Å². The summed E-state index contributed by atoms with van der Waals surface area (Å²) in [4.78, 5) is 25.7. The highest BCUT2D eigenvalue weighted by Crippen LogP contribution is 2.20. The maximum Gasteiger partial charge on any atom is 0.410 e. The molecule has 0 spiro atoms. The third-order valence-electron chi connectivity index (χ3n) is 4.31. The molecule has 6 heteroatoms. The summed E-state index contributed by atoms with van der Waals surface area (Å²) in [6, 6.07) is 9.45. The van der Waals surface area contributed by atoms with Gasteiger partial charge in [-0.05, 0) is 18.4 Å². The van der Waals surface area contributed by atoms with E-state index in [4.69, 9.17) is 9.47 Å². The van der Waals surface area contributed by atoms with Crippen LogP contribution in [-0.4, -0.2) is 55.9 Å². The monoisotopic (exact) mass is 318 g/mol. The van der Waals surface area contributed by atoms with Gasteiger partial charge >= 0.3 is 6.09 Å². The predicted molar refractivity (Wildman–Crippen MR) is 83.9 cm³/mol. The summed E-state index contributed by atoms with van der Waals surface area (Å²) in [5.74, 6) is 0.144. The van der Waals surface area contributed by atoms with E-state index in [1.54, 1.807) is 0 Å². The summed E-state index contributed by atoms with van der Waals surface area (Å²) < 4.78 is 10.4. The Balaban J connectivity index is 1.49. The molecule has 0 aliphatic carbocycles. The number of carbonyl (C=O) groups excluding carboxylic acids is 2. The van der Waals surface area contributed by atoms with Gasteiger partial charge in [-0.25, -0.2) is 4.79 Å². The number of ether oxygens (including phenoxy) is 2. The molecular formula is C17H22N2O4. The number of nitrogens with zero attached hydrogens (tertiary/aromatic N) is 1. The van der Waals surface area contributed by atoms with Crippen molar-refractivity contribution in [2.24, 2.45) is 5.92 Å². The molecular weight excluding hydrogens is 296 g/mol. The quantitative estimate of drug-likeness (QED) is 0.856. The first-order valence-corrected chi connectivity index (χ1v) is 8.07. The number of rotatable bonds is 6. The first-order valence-electron chi connectivity index (χ1n) is 8.07. The van der Waals surface area contributed by atoms with Gasteiger partial charge in [0.05, 0.1) is 6.61 Å². The van der Waals surface area contributed by atoms with Crippen LogP contribution in [0.3, 0.4) is 0 Å². The maximum atomic E-state index is 12.3. The molecule has 0 saturated carbocycles. The van der Waals surface area contributed by atoms with Crippen LogP contribution in [0.15, 0.2) is 30.3 Å². The van der Waals surface area contributed by atoms with E-state index in [-0.39, 0.29) is 12.5 Å². The van der Waals surface area contributed by atoms with Gasteiger partial charge in [0.25, 0.3) is 0 Å². The standard InChI is InChI=1S/C17H22N2O4/c20-16(18-8-6-13-4-2-1-3-5-13)15-12-23-17(21)19(15)10-14-7-9-22-11-14/h1-5,14-15H,6-12H2,(H,18,20)/t14?,15-/m0/s1. The van der Waals surface area contributed by atoms with Crippen molar-refractivity contribution in [1.82, 2.24) is 10.2 Å². The molecule has 0 aromatic heterocycles. The van der Waals surface area contributed by atoms with Gasteiger partial charge in [-0.1, -0.05) is 30.3 Å². The molecule has 1 aromatic carbocycles. The minimum atomic E-state index is -0.529. The first kappa shape index (κ1) is 15.8. The summed E-state index contributed by atoms with van der Waals surface area (Å²) in [7, 11) is 0. The van der Waals surface area contributed by atoms with Crippen LogP contribution in [-0.2, 0) is 20.7 Å². The van der Waals surface area contributed by atoms with Crippen LogP contribution in [0.25, 0.3) is 0 Å². The summed E-state index contributed by atoms with van der Waals surface area (Å²) >= 11 is 0. The Hall–Kier alpha value is -2.08. The molecule has 0 bridgehead atoms. The van der Waals surface area contributed by atoms with E-state index in [1.807, 2.05) is 30.3 Å². The molecule has 1 unspecified atom stereocenters. The molecule has 1 N–H and O–H groups in total. The van der Waals surface area contributed by atoms with E-state index in [9.17, 15) is 9.59 Å². The zero-order valence-electron chi connectivity index (χ0n) is 13.1. The zero-order valence-corrected chi connectivity index (χ0v) is 13.1. The largest absolute Gasteiger partial charge is 0.447 e. The third kappa shape index (κ3) is 4.01. The Labute approximate surface area is 135 Å². The molecule has 3 rings (SSSR count). The molecule has 23 heavy (non-hydrogen) atoms. The van der Waals surface area contributed by atoms with E-state index in [1.165, 1.54) is 10.5 Å². The maximum absolute atomic E-state index is 12.3. The molecule has 2 aliphatic rings. The summed E-state index contributed by atoms with van der Waals surface area (Å²) in [6.07, 6.45) is 1.29. The van der Waals surface area contributed by atoms with Gasteiger partial charge in [-0.15, -0.1) is 0 Å². The van der Waals surface area contributed by atoms with E-state index in [2.05, 4.69) is 5.32 Å². The lowest BCUT2D eigenvalue weighted by atomic mass is 10.1. The van der Waals surface area contributed by atoms with E-state index in [0.717, 1.165) is 19.4 Å². The Morgan fingerprint density at radius 1 is 1.26 bits per heavy atom. The van der Waals surface area contributed by atoms with Crippen LogP contribution in [0.1, 0.15) is 12.0 Å². The van der Waals surface area contributed by atoms with Crippen LogP contribution < -0.4 is 5.32 Å². The number of benzene rings is 1. The minimum Gasteiger partial charge on any atom is -0.447 e. The Morgan fingerprint density at radius 3 is 2.83 bits per heavy atom. The Kier molecular flexibility index (Phi) is 5.12. The van der Waals surface area contributed by atoms with Gasteiger partial charge in [-0.2, -0.15) is 0 Å². The lowest BCUT2D eigenvalue weighted by Crippen LogP contribution is -2.47. The summed E-state index contributed by atoms with van der Waals surface area (Å²) in [5, 5.41) is 2.90. The number of hydrogen-bond donors (Lipinski definition) is 1. The lowest BCUT2D eigenvalue weighted by Gasteiger charge is -2.23. The van der Waals surface area contributed by atoms with E-state index >= 15 is 0 Å². The fourth-order valence-electron chi connectivity index (χ4n) is 2.97. The fraction of sp³-hybridized carbons (Fsp3) is 0.529. The van der Waals surface area contributed by atoms with Crippen molar-refractivity contribution in [2.75, 3.05) is 32.9 Å². The van der Waals surface area contributed by atoms with Crippen molar-refractivity contribution >= 4 is 12.0 Å². The second-order valence-corrected chi connectivity index (χ2v) is 6.00. The van der Waals surface area contributed by atoms with Gasteiger partial charge in [0, 0.05) is 25.6 Å². The highest BCUT2D eigenvalue weighted by atomic mass is 16.6. The second kappa shape index (κ2) is 7.46. The van der Waals surface area contributed by atoms with E-state index in [0.29, 0.717) is 25.6 Å². The van der Waals surface area contributed by atoms with Crippen molar-refractivity contribution < 1.29 is 19.1 Å². The molecule has 2 saturated heterocycles. The highest BCUT2D eigenvalue weighted by Gasteiger charge is 2.39. The van der Waals surface area contributed by atoms with Gasteiger partial charge in [-0.3, -0.25) is 9.69 Å². The molecule has 2 atom stereocenters. The second-order valence-electron chi connectivity index (χ2n) is 6.00. The Morgan fingerprint density at radius 2 is 2.09 bits per heavy atom. The van der Waals surface area contributed by atoms with Crippen molar-refractivity contribution in [2.45, 2.75) is 18.9 Å². The minimum absolute atomic E-state index is 0.129. The van der Waals surface area contributed by atoms with Crippen LogP contribution in [0.4, 0.5) is 4.79 Å². The third-order valence-corrected chi connectivity index (χ3v) is 4.31. The van der Waals surface area contributed by atoms with Gasteiger partial charge in [0.2, 0.25) is 5.91 Å².